The van der Waals surface area contributed by atoms with Crippen molar-refractivity contribution in [3.63, 3.8) is 0 Å². The normalized spacial score (nSPS) is 19.7. The largest absolute Gasteiger partial charge is 0.316 e. The third-order valence-electron chi connectivity index (χ3n) is 3.49. The van der Waals surface area contributed by atoms with Crippen molar-refractivity contribution in [1.82, 2.24) is 5.32 Å². The summed E-state index contributed by atoms with van der Waals surface area (Å²) in [4.78, 5) is 2.94. The predicted octanol–water partition coefficient (Wildman–Crippen LogP) is 3.60. The Morgan fingerprint density at radius 1 is 1.28 bits per heavy atom. The van der Waals surface area contributed by atoms with Crippen LogP contribution in [0.25, 0.3) is 0 Å². The zero-order valence-electron chi connectivity index (χ0n) is 10.4. The highest BCUT2D eigenvalue weighted by Crippen LogP contribution is 2.39. The third kappa shape index (κ3) is 2.48. The van der Waals surface area contributed by atoms with Gasteiger partial charge in [-0.15, -0.1) is 23.1 Å². The lowest BCUT2D eigenvalue weighted by atomic mass is 10.0. The van der Waals surface area contributed by atoms with E-state index in [1.54, 1.807) is 0 Å². The number of thioether (sulfide) groups is 1. The van der Waals surface area contributed by atoms with E-state index in [0.29, 0.717) is 11.3 Å². The van der Waals surface area contributed by atoms with Gasteiger partial charge in [0.2, 0.25) is 0 Å². The number of benzene rings is 1. The average Bonchev–Trinajstić information content (AvgIpc) is 3.04. The molecule has 1 aliphatic rings. The Morgan fingerprint density at radius 3 is 2.89 bits per heavy atom. The van der Waals surface area contributed by atoms with Crippen LogP contribution in [-0.2, 0) is 12.8 Å². The van der Waals surface area contributed by atoms with Crippen molar-refractivity contribution in [2.24, 2.45) is 0 Å². The molecule has 1 N–H and O–H groups in total. The van der Waals surface area contributed by atoms with Gasteiger partial charge in [0.25, 0.3) is 0 Å². The lowest BCUT2D eigenvalue weighted by Gasteiger charge is -2.21. The molecule has 0 radical (unpaired) electrons. The molecule has 3 heteroatoms. The lowest BCUT2D eigenvalue weighted by molar-refractivity contribution is 0.540. The summed E-state index contributed by atoms with van der Waals surface area (Å²) in [5, 5.41) is 6.33. The fourth-order valence-electron chi connectivity index (χ4n) is 2.50. The van der Waals surface area contributed by atoms with E-state index in [4.69, 9.17) is 0 Å². The second-order valence-electron chi connectivity index (χ2n) is 4.65. The summed E-state index contributed by atoms with van der Waals surface area (Å²) >= 11 is 3.89. The maximum atomic E-state index is 3.50. The van der Waals surface area contributed by atoms with Crippen molar-refractivity contribution in [2.45, 2.75) is 29.0 Å². The van der Waals surface area contributed by atoms with E-state index in [1.807, 2.05) is 23.1 Å². The molecule has 1 nitrogen and oxygen atoms in total. The molecule has 2 unspecified atom stereocenters. The molecular weight excluding hydrogens is 258 g/mol. The minimum Gasteiger partial charge on any atom is -0.316 e. The van der Waals surface area contributed by atoms with Crippen molar-refractivity contribution in [3.05, 3.63) is 52.2 Å². The van der Waals surface area contributed by atoms with Crippen molar-refractivity contribution in [2.75, 3.05) is 7.05 Å². The maximum Gasteiger partial charge on any atom is 0.0292 e. The number of hydrogen-bond donors (Lipinski definition) is 1. The van der Waals surface area contributed by atoms with Crippen LogP contribution in [0, 0.1) is 0 Å². The van der Waals surface area contributed by atoms with Gasteiger partial charge >= 0.3 is 0 Å². The van der Waals surface area contributed by atoms with Crippen molar-refractivity contribution < 1.29 is 0 Å². The zero-order chi connectivity index (χ0) is 12.4. The highest BCUT2D eigenvalue weighted by molar-refractivity contribution is 8.00. The fraction of sp³-hybridized carbons (Fsp3) is 0.333. The minimum atomic E-state index is 0.557. The first kappa shape index (κ1) is 12.3. The third-order valence-corrected chi connectivity index (χ3v) is 5.84. The van der Waals surface area contributed by atoms with Crippen LogP contribution in [0.3, 0.4) is 0 Å². The fourth-order valence-corrected chi connectivity index (χ4v) is 4.71. The molecule has 0 saturated carbocycles. The molecule has 2 heterocycles. The monoisotopic (exact) mass is 275 g/mol. The van der Waals surface area contributed by atoms with E-state index >= 15 is 0 Å². The van der Waals surface area contributed by atoms with Crippen LogP contribution < -0.4 is 5.32 Å². The van der Waals surface area contributed by atoms with E-state index < -0.39 is 0 Å². The molecule has 1 aromatic heterocycles. The molecule has 1 aromatic carbocycles. The summed E-state index contributed by atoms with van der Waals surface area (Å²) in [7, 11) is 2.09. The lowest BCUT2D eigenvalue weighted by Crippen LogP contribution is -2.37. The van der Waals surface area contributed by atoms with Crippen molar-refractivity contribution >= 4 is 23.1 Å². The van der Waals surface area contributed by atoms with Crippen molar-refractivity contribution in [3.8, 4) is 0 Å². The first-order valence-electron chi connectivity index (χ1n) is 6.31. The van der Waals surface area contributed by atoms with Gasteiger partial charge in [-0.25, -0.2) is 0 Å². The maximum absolute atomic E-state index is 3.50. The predicted molar refractivity (Wildman–Crippen MR) is 80.7 cm³/mol. The summed E-state index contributed by atoms with van der Waals surface area (Å²) in [6.45, 7) is 0. The molecule has 0 spiro atoms. The molecule has 1 aliphatic heterocycles. The number of rotatable bonds is 4. The summed E-state index contributed by atoms with van der Waals surface area (Å²) in [6, 6.07) is 13.7. The molecule has 0 amide bonds. The van der Waals surface area contributed by atoms with Crippen LogP contribution in [0.15, 0.2) is 46.7 Å². The van der Waals surface area contributed by atoms with Gasteiger partial charge in [0.05, 0.1) is 0 Å². The number of hydrogen-bond acceptors (Lipinski definition) is 3. The highest BCUT2D eigenvalue weighted by atomic mass is 32.2. The van der Waals surface area contributed by atoms with Gasteiger partial charge in [0.1, 0.15) is 0 Å². The Labute approximate surface area is 117 Å². The van der Waals surface area contributed by atoms with Gasteiger partial charge in [-0.2, -0.15) is 0 Å². The Kier molecular flexibility index (Phi) is 3.73. The van der Waals surface area contributed by atoms with E-state index in [9.17, 15) is 0 Å². The molecule has 2 atom stereocenters. The Balaban J connectivity index is 1.71. The van der Waals surface area contributed by atoms with Crippen LogP contribution in [0.2, 0.25) is 0 Å². The first-order valence-corrected chi connectivity index (χ1v) is 8.07. The van der Waals surface area contributed by atoms with Crippen LogP contribution in [0.5, 0.6) is 0 Å². The molecule has 0 aliphatic carbocycles. The van der Waals surface area contributed by atoms with E-state index in [0.717, 1.165) is 6.42 Å². The van der Waals surface area contributed by atoms with E-state index in [-0.39, 0.29) is 0 Å². The SMILES string of the molecule is CNC(Cc1cccs1)C1Cc2ccccc2S1. The molecule has 18 heavy (non-hydrogen) atoms. The summed E-state index contributed by atoms with van der Waals surface area (Å²) in [5.74, 6) is 0. The Morgan fingerprint density at radius 2 is 2.17 bits per heavy atom. The van der Waals surface area contributed by atoms with Gasteiger partial charge in [-0.1, -0.05) is 24.3 Å². The molecule has 0 saturated heterocycles. The quantitative estimate of drug-likeness (QED) is 0.915. The van der Waals surface area contributed by atoms with Crippen LogP contribution in [0.1, 0.15) is 10.4 Å². The van der Waals surface area contributed by atoms with E-state index in [2.05, 4.69) is 54.1 Å². The van der Waals surface area contributed by atoms with Crippen LogP contribution in [-0.4, -0.2) is 18.3 Å². The van der Waals surface area contributed by atoms with E-state index in [1.165, 1.54) is 21.8 Å². The van der Waals surface area contributed by atoms with Gasteiger partial charge < -0.3 is 5.32 Å². The van der Waals surface area contributed by atoms with Gasteiger partial charge in [0, 0.05) is 21.1 Å². The molecule has 0 bridgehead atoms. The van der Waals surface area contributed by atoms with Gasteiger partial charge in [-0.05, 0) is 43.0 Å². The topological polar surface area (TPSA) is 12.0 Å². The van der Waals surface area contributed by atoms with Crippen molar-refractivity contribution in [1.29, 1.82) is 0 Å². The van der Waals surface area contributed by atoms with Crippen LogP contribution >= 0.6 is 23.1 Å². The highest BCUT2D eigenvalue weighted by Gasteiger charge is 2.28. The molecule has 2 aromatic rings. The summed E-state index contributed by atoms with van der Waals surface area (Å²) in [6.07, 6.45) is 2.33. The van der Waals surface area contributed by atoms with Gasteiger partial charge in [-0.3, -0.25) is 0 Å². The number of fused-ring (bicyclic) bond motifs is 1. The Bertz CT molecular complexity index is 479. The summed E-state index contributed by atoms with van der Waals surface area (Å²) in [5.41, 5.74) is 1.51. The smallest absolute Gasteiger partial charge is 0.0292 e. The average molecular weight is 275 g/mol. The second-order valence-corrected chi connectivity index (χ2v) is 6.96. The summed E-state index contributed by atoms with van der Waals surface area (Å²) < 4.78 is 0. The molecular formula is C15H17NS2. The first-order chi connectivity index (χ1) is 8.86. The van der Waals surface area contributed by atoms with Crippen LogP contribution in [0.4, 0.5) is 0 Å². The van der Waals surface area contributed by atoms with Gasteiger partial charge in [0.15, 0.2) is 0 Å². The number of nitrogens with one attached hydrogen (secondary N) is 1. The number of likely N-dealkylation sites (N-methyl/N-ethyl adjacent to an activating group) is 1. The zero-order valence-corrected chi connectivity index (χ0v) is 12.1. The number of thiophene rings is 1. The second kappa shape index (κ2) is 5.47. The molecule has 3 rings (SSSR count). The standard InChI is InChI=1S/C15H17NS2/c1-16-13(10-12-6-4-8-17-12)15-9-11-5-2-3-7-14(11)18-15/h2-8,13,15-16H,9-10H2,1H3. The Hall–Kier alpha value is -0.770. The molecule has 0 fully saturated rings. The minimum absolute atomic E-state index is 0.557. The molecule has 94 valence electrons.